The van der Waals surface area contributed by atoms with E-state index in [1.165, 1.54) is 0 Å². The fourth-order valence-corrected chi connectivity index (χ4v) is 1.88. The molecule has 16 heavy (non-hydrogen) atoms. The molecule has 1 fully saturated rings. The van der Waals surface area contributed by atoms with Crippen LogP contribution < -0.4 is 10.6 Å². The van der Waals surface area contributed by atoms with E-state index in [1.807, 2.05) is 13.8 Å². The quantitative estimate of drug-likeness (QED) is 0.740. The molecule has 3 amide bonds. The van der Waals surface area contributed by atoms with Gasteiger partial charge < -0.3 is 15.5 Å². The lowest BCUT2D eigenvalue weighted by Crippen LogP contribution is -2.41. The summed E-state index contributed by atoms with van der Waals surface area (Å²) in [6.07, 6.45) is 1.40. The largest absolute Gasteiger partial charge is 0.352 e. The molecule has 0 aromatic heterocycles. The highest BCUT2D eigenvalue weighted by molar-refractivity contribution is 5.77. The number of nitrogens with zero attached hydrogens (tertiary/aromatic N) is 1. The summed E-state index contributed by atoms with van der Waals surface area (Å²) in [5.41, 5.74) is 0. The van der Waals surface area contributed by atoms with Gasteiger partial charge in [0.1, 0.15) is 0 Å². The molecule has 0 radical (unpaired) electrons. The van der Waals surface area contributed by atoms with Gasteiger partial charge in [-0.25, -0.2) is 4.79 Å². The first-order valence-corrected chi connectivity index (χ1v) is 5.79. The van der Waals surface area contributed by atoms with Crippen LogP contribution in [0.4, 0.5) is 4.79 Å². The molecule has 2 N–H and O–H groups in total. The molecule has 1 atom stereocenters. The highest BCUT2D eigenvalue weighted by Crippen LogP contribution is 2.09. The number of likely N-dealkylation sites (tertiary alicyclic amines) is 1. The molecule has 0 aromatic carbocycles. The van der Waals surface area contributed by atoms with Gasteiger partial charge >= 0.3 is 6.03 Å². The standard InChI is InChI=1S/C11H21N3O2/c1-8(2)6-10(15)13-9-4-5-14(7-9)11(16)12-3/h8-9H,4-7H2,1-3H3,(H,12,16)(H,13,15)/t9-/m0/s1. The number of urea groups is 1. The summed E-state index contributed by atoms with van der Waals surface area (Å²) in [5, 5.41) is 5.55. The Kier molecular flexibility index (Phi) is 4.58. The van der Waals surface area contributed by atoms with Crippen molar-refractivity contribution in [3.05, 3.63) is 0 Å². The van der Waals surface area contributed by atoms with Crippen LogP contribution in [0, 0.1) is 5.92 Å². The molecular weight excluding hydrogens is 206 g/mol. The van der Waals surface area contributed by atoms with Crippen LogP contribution in [0.15, 0.2) is 0 Å². The minimum atomic E-state index is -0.0689. The van der Waals surface area contributed by atoms with Gasteiger partial charge in [-0.15, -0.1) is 0 Å². The van der Waals surface area contributed by atoms with Gasteiger partial charge in [0.15, 0.2) is 0 Å². The van der Waals surface area contributed by atoms with Gasteiger partial charge in [0, 0.05) is 32.6 Å². The molecule has 1 saturated heterocycles. The Morgan fingerprint density at radius 3 is 2.69 bits per heavy atom. The molecule has 0 aromatic rings. The predicted octanol–water partition coefficient (Wildman–Crippen LogP) is 0.562. The van der Waals surface area contributed by atoms with E-state index < -0.39 is 0 Å². The number of hydrogen-bond donors (Lipinski definition) is 2. The Morgan fingerprint density at radius 1 is 1.44 bits per heavy atom. The van der Waals surface area contributed by atoms with E-state index in [1.54, 1.807) is 11.9 Å². The first kappa shape index (κ1) is 12.8. The second-order valence-corrected chi connectivity index (χ2v) is 4.65. The zero-order valence-corrected chi connectivity index (χ0v) is 10.2. The third-order valence-electron chi connectivity index (χ3n) is 2.65. The topological polar surface area (TPSA) is 61.4 Å². The molecular formula is C11H21N3O2. The summed E-state index contributed by atoms with van der Waals surface area (Å²) < 4.78 is 0. The van der Waals surface area contributed by atoms with E-state index in [0.717, 1.165) is 6.42 Å². The van der Waals surface area contributed by atoms with Gasteiger partial charge in [0.2, 0.25) is 5.91 Å². The van der Waals surface area contributed by atoms with E-state index >= 15 is 0 Å². The van der Waals surface area contributed by atoms with Crippen LogP contribution in [-0.4, -0.2) is 43.0 Å². The molecule has 0 unspecified atom stereocenters. The van der Waals surface area contributed by atoms with Gasteiger partial charge in [-0.05, 0) is 12.3 Å². The van der Waals surface area contributed by atoms with Gasteiger partial charge in [-0.2, -0.15) is 0 Å². The Hall–Kier alpha value is -1.26. The Morgan fingerprint density at radius 2 is 2.12 bits per heavy atom. The van der Waals surface area contributed by atoms with Crippen molar-refractivity contribution in [3.63, 3.8) is 0 Å². The fourth-order valence-electron chi connectivity index (χ4n) is 1.88. The van der Waals surface area contributed by atoms with E-state index in [-0.39, 0.29) is 18.0 Å². The highest BCUT2D eigenvalue weighted by Gasteiger charge is 2.26. The number of carbonyl (C=O) groups is 2. The molecule has 0 aliphatic carbocycles. The summed E-state index contributed by atoms with van der Waals surface area (Å²) in [7, 11) is 1.62. The van der Waals surface area contributed by atoms with Crippen LogP contribution in [0.25, 0.3) is 0 Å². The second-order valence-electron chi connectivity index (χ2n) is 4.65. The van der Waals surface area contributed by atoms with Crippen molar-refractivity contribution < 1.29 is 9.59 Å². The molecule has 5 nitrogen and oxygen atoms in total. The molecule has 0 bridgehead atoms. The smallest absolute Gasteiger partial charge is 0.317 e. The molecule has 5 heteroatoms. The van der Waals surface area contributed by atoms with Crippen LogP contribution in [0.1, 0.15) is 26.7 Å². The van der Waals surface area contributed by atoms with Gasteiger partial charge in [0.05, 0.1) is 0 Å². The first-order chi connectivity index (χ1) is 7.52. The lowest BCUT2D eigenvalue weighted by molar-refractivity contribution is -0.122. The maximum absolute atomic E-state index is 11.5. The van der Waals surface area contributed by atoms with Crippen LogP contribution in [0.3, 0.4) is 0 Å². The van der Waals surface area contributed by atoms with E-state index in [0.29, 0.717) is 25.4 Å². The zero-order chi connectivity index (χ0) is 12.1. The summed E-state index contributed by atoms with van der Waals surface area (Å²) in [6, 6.07) is 0.0455. The van der Waals surface area contributed by atoms with Crippen LogP contribution in [0.5, 0.6) is 0 Å². The van der Waals surface area contributed by atoms with Crippen molar-refractivity contribution in [2.24, 2.45) is 5.92 Å². The number of hydrogen-bond acceptors (Lipinski definition) is 2. The summed E-state index contributed by atoms with van der Waals surface area (Å²) >= 11 is 0. The maximum atomic E-state index is 11.5. The first-order valence-electron chi connectivity index (χ1n) is 5.79. The van der Waals surface area contributed by atoms with E-state index in [4.69, 9.17) is 0 Å². The Bertz CT molecular complexity index is 266. The predicted molar refractivity (Wildman–Crippen MR) is 62.0 cm³/mol. The van der Waals surface area contributed by atoms with Gasteiger partial charge in [0.25, 0.3) is 0 Å². The minimum absolute atomic E-state index is 0.0689. The van der Waals surface area contributed by atoms with Crippen molar-refractivity contribution >= 4 is 11.9 Å². The normalized spacial score (nSPS) is 20.0. The summed E-state index contributed by atoms with van der Waals surface area (Å²) in [5.74, 6) is 0.454. The molecule has 1 aliphatic heterocycles. The van der Waals surface area contributed by atoms with Crippen LogP contribution in [0.2, 0.25) is 0 Å². The third-order valence-corrected chi connectivity index (χ3v) is 2.65. The van der Waals surface area contributed by atoms with Crippen LogP contribution >= 0.6 is 0 Å². The molecule has 0 spiro atoms. The van der Waals surface area contributed by atoms with Crippen LogP contribution in [-0.2, 0) is 4.79 Å². The monoisotopic (exact) mass is 227 g/mol. The lowest BCUT2D eigenvalue weighted by Gasteiger charge is -2.16. The minimum Gasteiger partial charge on any atom is -0.352 e. The molecule has 1 rings (SSSR count). The second kappa shape index (κ2) is 5.72. The van der Waals surface area contributed by atoms with E-state index in [9.17, 15) is 9.59 Å². The van der Waals surface area contributed by atoms with Gasteiger partial charge in [-0.3, -0.25) is 4.79 Å². The molecule has 1 aliphatic rings. The summed E-state index contributed by atoms with van der Waals surface area (Å²) in [4.78, 5) is 24.6. The summed E-state index contributed by atoms with van der Waals surface area (Å²) in [6.45, 7) is 5.37. The number of carbonyl (C=O) groups excluding carboxylic acids is 2. The van der Waals surface area contributed by atoms with Crippen molar-refractivity contribution in [1.82, 2.24) is 15.5 Å². The lowest BCUT2D eigenvalue weighted by atomic mass is 10.1. The van der Waals surface area contributed by atoms with Crippen molar-refractivity contribution in [2.45, 2.75) is 32.7 Å². The average molecular weight is 227 g/mol. The third kappa shape index (κ3) is 3.72. The Labute approximate surface area is 96.6 Å². The van der Waals surface area contributed by atoms with Crippen molar-refractivity contribution in [2.75, 3.05) is 20.1 Å². The number of nitrogens with one attached hydrogen (secondary N) is 2. The van der Waals surface area contributed by atoms with Gasteiger partial charge in [-0.1, -0.05) is 13.8 Å². The Balaban J connectivity index is 2.31. The molecule has 92 valence electrons. The fraction of sp³-hybridized carbons (Fsp3) is 0.818. The SMILES string of the molecule is CNC(=O)N1CC[C@H](NC(=O)CC(C)C)C1. The average Bonchev–Trinajstić information content (AvgIpc) is 2.63. The molecule has 1 heterocycles. The molecule has 0 saturated carbocycles. The van der Waals surface area contributed by atoms with Crippen molar-refractivity contribution in [1.29, 1.82) is 0 Å². The van der Waals surface area contributed by atoms with Crippen molar-refractivity contribution in [3.8, 4) is 0 Å². The zero-order valence-electron chi connectivity index (χ0n) is 10.2. The number of amides is 3. The van der Waals surface area contributed by atoms with E-state index in [2.05, 4.69) is 10.6 Å². The maximum Gasteiger partial charge on any atom is 0.317 e. The highest BCUT2D eigenvalue weighted by atomic mass is 16.2. The number of rotatable bonds is 3.